The van der Waals surface area contributed by atoms with E-state index in [4.69, 9.17) is 0 Å². The van der Waals surface area contributed by atoms with Gasteiger partial charge in [0, 0.05) is 0 Å². The van der Waals surface area contributed by atoms with E-state index in [0.717, 1.165) is 6.42 Å². The number of halogens is 2. The fourth-order valence-corrected chi connectivity index (χ4v) is 2.92. The van der Waals surface area contributed by atoms with Crippen molar-refractivity contribution in [2.24, 2.45) is 17.8 Å². The van der Waals surface area contributed by atoms with Crippen LogP contribution in [0.3, 0.4) is 0 Å². The predicted molar refractivity (Wildman–Crippen MR) is 65.7 cm³/mol. The lowest BCUT2D eigenvalue weighted by molar-refractivity contribution is 0.201. The second-order valence-corrected chi connectivity index (χ2v) is 5.60. The van der Waals surface area contributed by atoms with Gasteiger partial charge >= 0.3 is 0 Å². The van der Waals surface area contributed by atoms with Gasteiger partial charge in [-0.25, -0.2) is 8.78 Å². The lowest BCUT2D eigenvalue weighted by Crippen LogP contribution is -2.23. The van der Waals surface area contributed by atoms with Gasteiger partial charge in [-0.05, 0) is 54.4 Å². The highest BCUT2D eigenvalue weighted by Gasteiger charge is 2.26. The van der Waals surface area contributed by atoms with E-state index in [-0.39, 0.29) is 11.6 Å². The Bertz CT molecular complexity index is 387. The second kappa shape index (κ2) is 5.16. The molecule has 2 heteroatoms. The first-order valence-corrected chi connectivity index (χ1v) is 6.50. The first-order chi connectivity index (χ1) is 8.06. The maximum absolute atomic E-state index is 13.6. The van der Waals surface area contributed by atoms with Crippen molar-refractivity contribution in [3.05, 3.63) is 35.4 Å². The molecule has 0 heterocycles. The van der Waals surface area contributed by atoms with E-state index in [2.05, 4.69) is 13.8 Å². The molecule has 1 aliphatic rings. The molecule has 2 rings (SSSR count). The Labute approximate surface area is 102 Å². The van der Waals surface area contributed by atoms with Gasteiger partial charge in [-0.15, -0.1) is 0 Å². The summed E-state index contributed by atoms with van der Waals surface area (Å²) in [5.41, 5.74) is 0.538. The third-order valence-electron chi connectivity index (χ3n) is 4.11. The number of hydrogen-bond acceptors (Lipinski definition) is 0. The van der Waals surface area contributed by atoms with Gasteiger partial charge in [-0.2, -0.15) is 0 Å². The van der Waals surface area contributed by atoms with Crippen LogP contribution in [0, 0.1) is 29.4 Å². The quantitative estimate of drug-likeness (QED) is 0.707. The minimum atomic E-state index is -0.335. The lowest BCUT2D eigenvalue weighted by Gasteiger charge is -2.32. The molecule has 94 valence electrons. The molecule has 0 aromatic heterocycles. The van der Waals surface area contributed by atoms with Crippen molar-refractivity contribution in [1.29, 1.82) is 0 Å². The molecule has 1 aromatic carbocycles. The summed E-state index contributed by atoms with van der Waals surface area (Å²) < 4.78 is 26.7. The fraction of sp³-hybridized carbons (Fsp3) is 0.600. The molecule has 1 aliphatic carbocycles. The molecule has 3 atom stereocenters. The molecule has 0 bridgehead atoms. The van der Waals surface area contributed by atoms with Gasteiger partial charge in [0.25, 0.3) is 0 Å². The maximum atomic E-state index is 13.6. The van der Waals surface area contributed by atoms with Gasteiger partial charge in [0.1, 0.15) is 11.6 Å². The fourth-order valence-electron chi connectivity index (χ4n) is 2.92. The van der Waals surface area contributed by atoms with E-state index >= 15 is 0 Å². The molecule has 1 saturated carbocycles. The second-order valence-electron chi connectivity index (χ2n) is 5.60. The molecule has 0 aliphatic heterocycles. The van der Waals surface area contributed by atoms with Crippen molar-refractivity contribution in [3.8, 4) is 0 Å². The molecule has 0 radical (unpaired) electrons. The summed E-state index contributed by atoms with van der Waals surface area (Å²) in [6.07, 6.45) is 4.29. The number of hydrogen-bond donors (Lipinski definition) is 0. The minimum Gasteiger partial charge on any atom is -0.207 e. The van der Waals surface area contributed by atoms with Crippen molar-refractivity contribution >= 4 is 0 Å². The Kier molecular flexibility index (Phi) is 3.80. The summed E-state index contributed by atoms with van der Waals surface area (Å²) in [5, 5.41) is 0. The third-order valence-corrected chi connectivity index (χ3v) is 4.11. The number of rotatable bonds is 2. The topological polar surface area (TPSA) is 0 Å². The van der Waals surface area contributed by atoms with E-state index in [1.54, 1.807) is 0 Å². The highest BCUT2D eigenvalue weighted by atomic mass is 19.1. The van der Waals surface area contributed by atoms with Crippen molar-refractivity contribution in [2.75, 3.05) is 0 Å². The first kappa shape index (κ1) is 12.5. The molecule has 3 unspecified atom stereocenters. The summed E-state index contributed by atoms with van der Waals surface area (Å²) in [4.78, 5) is 0. The maximum Gasteiger partial charge on any atom is 0.126 e. The average Bonchev–Trinajstić information content (AvgIpc) is 2.28. The van der Waals surface area contributed by atoms with E-state index in [9.17, 15) is 8.78 Å². The van der Waals surface area contributed by atoms with Crippen LogP contribution in [0.2, 0.25) is 0 Å². The largest absolute Gasteiger partial charge is 0.207 e. The third kappa shape index (κ3) is 3.05. The van der Waals surface area contributed by atoms with Crippen LogP contribution >= 0.6 is 0 Å². The summed E-state index contributed by atoms with van der Waals surface area (Å²) in [6, 6.07) is 3.77. The Morgan fingerprint density at radius 1 is 1.18 bits per heavy atom. The molecule has 0 nitrogen and oxygen atoms in total. The first-order valence-electron chi connectivity index (χ1n) is 6.50. The molecule has 1 aromatic rings. The standard InChI is InChI=1S/C15H20F2/c1-10-3-4-11(2)12(7-10)8-13-9-14(16)5-6-15(13)17/h5-6,9-12H,3-4,7-8H2,1-2H3. The molecule has 0 saturated heterocycles. The van der Waals surface area contributed by atoms with Gasteiger partial charge in [-0.1, -0.05) is 26.7 Å². The van der Waals surface area contributed by atoms with Crippen molar-refractivity contribution < 1.29 is 8.78 Å². The summed E-state index contributed by atoms with van der Waals surface area (Å²) in [6.45, 7) is 4.48. The van der Waals surface area contributed by atoms with Crippen LogP contribution in [0.15, 0.2) is 18.2 Å². The zero-order valence-electron chi connectivity index (χ0n) is 10.5. The molecular formula is C15H20F2. The Balaban J connectivity index is 2.11. The average molecular weight is 238 g/mol. The zero-order chi connectivity index (χ0) is 12.4. The van der Waals surface area contributed by atoms with Gasteiger partial charge in [0.15, 0.2) is 0 Å². The van der Waals surface area contributed by atoms with Crippen molar-refractivity contribution in [3.63, 3.8) is 0 Å². The zero-order valence-corrected chi connectivity index (χ0v) is 10.5. The SMILES string of the molecule is CC1CCC(C)C(Cc2cc(F)ccc2F)C1. The summed E-state index contributed by atoms with van der Waals surface area (Å²) in [5.74, 6) is 1.23. The monoisotopic (exact) mass is 238 g/mol. The smallest absolute Gasteiger partial charge is 0.126 e. The Hall–Kier alpha value is -0.920. The predicted octanol–water partition coefficient (Wildman–Crippen LogP) is 4.58. The molecule has 0 amide bonds. The van der Waals surface area contributed by atoms with E-state index in [1.165, 1.54) is 31.0 Å². The van der Waals surface area contributed by atoms with Crippen molar-refractivity contribution in [1.82, 2.24) is 0 Å². The Morgan fingerprint density at radius 3 is 2.71 bits per heavy atom. The van der Waals surface area contributed by atoms with E-state index in [1.807, 2.05) is 0 Å². The van der Waals surface area contributed by atoms with Crippen LogP contribution in [0.4, 0.5) is 8.78 Å². The van der Waals surface area contributed by atoms with Crippen LogP contribution in [0.5, 0.6) is 0 Å². The van der Waals surface area contributed by atoms with Crippen LogP contribution in [0.25, 0.3) is 0 Å². The van der Waals surface area contributed by atoms with Crippen LogP contribution < -0.4 is 0 Å². The van der Waals surface area contributed by atoms with Gasteiger partial charge < -0.3 is 0 Å². The number of benzene rings is 1. The van der Waals surface area contributed by atoms with Gasteiger partial charge in [0.05, 0.1) is 0 Å². The summed E-state index contributed by atoms with van der Waals surface area (Å²) in [7, 11) is 0. The highest BCUT2D eigenvalue weighted by Crippen LogP contribution is 2.35. The lowest BCUT2D eigenvalue weighted by atomic mass is 9.73. The minimum absolute atomic E-state index is 0.267. The molecule has 1 fully saturated rings. The van der Waals surface area contributed by atoms with Crippen LogP contribution in [0.1, 0.15) is 38.7 Å². The molecule has 0 N–H and O–H groups in total. The van der Waals surface area contributed by atoms with Gasteiger partial charge in [-0.3, -0.25) is 0 Å². The van der Waals surface area contributed by atoms with Crippen LogP contribution in [-0.4, -0.2) is 0 Å². The van der Waals surface area contributed by atoms with E-state index in [0.29, 0.717) is 29.7 Å². The molecular weight excluding hydrogens is 218 g/mol. The highest BCUT2D eigenvalue weighted by molar-refractivity contribution is 5.19. The molecule has 0 spiro atoms. The molecule has 17 heavy (non-hydrogen) atoms. The normalized spacial score (nSPS) is 29.3. The Morgan fingerprint density at radius 2 is 1.94 bits per heavy atom. The summed E-state index contributed by atoms with van der Waals surface area (Å²) >= 11 is 0. The van der Waals surface area contributed by atoms with Crippen LogP contribution in [-0.2, 0) is 6.42 Å². The van der Waals surface area contributed by atoms with Gasteiger partial charge in [0.2, 0.25) is 0 Å². The van der Waals surface area contributed by atoms with E-state index < -0.39 is 0 Å². The van der Waals surface area contributed by atoms with Crippen molar-refractivity contribution in [2.45, 2.75) is 39.5 Å².